The van der Waals surface area contributed by atoms with Gasteiger partial charge in [0.2, 0.25) is 5.90 Å². The maximum Gasteiger partial charge on any atom is 0.239 e. The predicted octanol–water partition coefficient (Wildman–Crippen LogP) is -0.365. The highest BCUT2D eigenvalue weighted by Gasteiger charge is 2.09. The number of hydrogen-bond acceptors (Lipinski definition) is 8. The Labute approximate surface area is 123 Å². The fraction of sp³-hybridized carbons (Fsp3) is 0.462. The smallest absolute Gasteiger partial charge is 0.239 e. The Balaban J connectivity index is 2.29. The summed E-state index contributed by atoms with van der Waals surface area (Å²) in [5, 5.41) is 12.1. The van der Waals surface area contributed by atoms with Gasteiger partial charge >= 0.3 is 0 Å². The van der Waals surface area contributed by atoms with E-state index in [4.69, 9.17) is 31.0 Å². The standard InChI is InChI=1S/C13H22N4O4/c14-16-12-4-2-1-3-11(12)13(17-15)21-10-9-20-8-7-19-6-5-18/h1-4,16,18H,5-10,14-15H2. The third-order valence-electron chi connectivity index (χ3n) is 2.50. The summed E-state index contributed by atoms with van der Waals surface area (Å²) in [5.74, 6) is 11.0. The number of nitrogens with zero attached hydrogens (tertiary/aromatic N) is 1. The van der Waals surface area contributed by atoms with Gasteiger partial charge in [0.1, 0.15) is 6.61 Å². The van der Waals surface area contributed by atoms with Gasteiger partial charge in [0, 0.05) is 0 Å². The zero-order valence-electron chi connectivity index (χ0n) is 11.8. The van der Waals surface area contributed by atoms with Crippen molar-refractivity contribution in [2.45, 2.75) is 0 Å². The number of nitrogens with one attached hydrogen (secondary N) is 1. The number of benzene rings is 1. The Morgan fingerprint density at radius 3 is 2.43 bits per heavy atom. The van der Waals surface area contributed by atoms with Crippen LogP contribution < -0.4 is 17.1 Å². The van der Waals surface area contributed by atoms with Gasteiger partial charge in [-0.25, -0.2) is 0 Å². The predicted molar refractivity (Wildman–Crippen MR) is 79.7 cm³/mol. The van der Waals surface area contributed by atoms with Crippen LogP contribution in [-0.2, 0) is 14.2 Å². The zero-order chi connectivity index (χ0) is 15.3. The molecule has 0 amide bonds. The van der Waals surface area contributed by atoms with Gasteiger partial charge in [-0.15, -0.1) is 5.10 Å². The fourth-order valence-electron chi connectivity index (χ4n) is 1.56. The van der Waals surface area contributed by atoms with Crippen molar-refractivity contribution < 1.29 is 19.3 Å². The average molecular weight is 298 g/mol. The maximum atomic E-state index is 8.52. The highest BCUT2D eigenvalue weighted by Crippen LogP contribution is 2.15. The number of rotatable bonds is 10. The molecule has 0 atom stereocenters. The lowest BCUT2D eigenvalue weighted by Gasteiger charge is -2.12. The second-order valence-electron chi connectivity index (χ2n) is 3.92. The van der Waals surface area contributed by atoms with Crippen LogP contribution in [0, 0.1) is 0 Å². The molecule has 0 aliphatic carbocycles. The van der Waals surface area contributed by atoms with Crippen molar-refractivity contribution in [3.63, 3.8) is 0 Å². The number of ether oxygens (including phenoxy) is 3. The molecule has 0 fully saturated rings. The Morgan fingerprint density at radius 2 is 1.76 bits per heavy atom. The van der Waals surface area contributed by atoms with Gasteiger partial charge in [-0.1, -0.05) is 12.1 Å². The van der Waals surface area contributed by atoms with Crippen molar-refractivity contribution in [1.29, 1.82) is 0 Å². The number of aliphatic hydroxyl groups excluding tert-OH is 1. The van der Waals surface area contributed by atoms with Crippen LogP contribution in [0.3, 0.4) is 0 Å². The first-order chi connectivity index (χ1) is 10.3. The van der Waals surface area contributed by atoms with Crippen LogP contribution in [0.4, 0.5) is 5.69 Å². The van der Waals surface area contributed by atoms with Gasteiger partial charge in [-0.05, 0) is 12.1 Å². The van der Waals surface area contributed by atoms with E-state index in [9.17, 15) is 0 Å². The first-order valence-corrected chi connectivity index (χ1v) is 6.56. The highest BCUT2D eigenvalue weighted by atomic mass is 16.5. The van der Waals surface area contributed by atoms with Crippen LogP contribution in [0.1, 0.15) is 5.56 Å². The Kier molecular flexibility index (Phi) is 8.89. The molecule has 0 aliphatic heterocycles. The molecule has 1 rings (SSSR count). The summed E-state index contributed by atoms with van der Waals surface area (Å²) in [6.45, 7) is 1.85. The Hall–Kier alpha value is -1.87. The minimum atomic E-state index is 0.00796. The normalized spacial score (nSPS) is 11.4. The van der Waals surface area contributed by atoms with Crippen LogP contribution in [-0.4, -0.2) is 50.6 Å². The molecule has 0 unspecified atom stereocenters. The van der Waals surface area contributed by atoms with Crippen molar-refractivity contribution in [2.75, 3.05) is 45.1 Å². The average Bonchev–Trinajstić information content (AvgIpc) is 2.53. The van der Waals surface area contributed by atoms with E-state index < -0.39 is 0 Å². The molecular formula is C13H22N4O4. The van der Waals surface area contributed by atoms with Gasteiger partial charge in [0.15, 0.2) is 0 Å². The number of hydrogen-bond donors (Lipinski definition) is 4. The molecule has 21 heavy (non-hydrogen) atoms. The van der Waals surface area contributed by atoms with Crippen molar-refractivity contribution in [3.05, 3.63) is 29.8 Å². The molecule has 0 aromatic heterocycles. The van der Waals surface area contributed by atoms with Gasteiger partial charge < -0.3 is 30.6 Å². The molecule has 1 aromatic carbocycles. The third kappa shape index (κ3) is 6.41. The van der Waals surface area contributed by atoms with E-state index >= 15 is 0 Å². The minimum Gasteiger partial charge on any atom is -0.474 e. The summed E-state index contributed by atoms with van der Waals surface area (Å²) in [4.78, 5) is 0. The number of para-hydroxylation sites is 1. The van der Waals surface area contributed by atoms with Crippen molar-refractivity contribution in [2.24, 2.45) is 16.8 Å². The number of hydrazine groups is 1. The van der Waals surface area contributed by atoms with E-state index in [0.717, 1.165) is 0 Å². The van der Waals surface area contributed by atoms with Crippen molar-refractivity contribution in [3.8, 4) is 0 Å². The monoisotopic (exact) mass is 298 g/mol. The Morgan fingerprint density at radius 1 is 1.10 bits per heavy atom. The van der Waals surface area contributed by atoms with Crippen LogP contribution in [0.5, 0.6) is 0 Å². The largest absolute Gasteiger partial charge is 0.474 e. The molecule has 0 saturated heterocycles. The molecule has 1 aromatic rings. The SMILES string of the molecule is NN=C(OCCOCCOCCO)c1ccccc1NN. The third-order valence-corrected chi connectivity index (χ3v) is 2.50. The second kappa shape index (κ2) is 10.9. The molecule has 0 bridgehead atoms. The van der Waals surface area contributed by atoms with Crippen molar-refractivity contribution >= 4 is 11.6 Å². The number of hydrazone groups is 1. The summed E-state index contributed by atoms with van der Waals surface area (Å²) < 4.78 is 15.8. The van der Waals surface area contributed by atoms with E-state index in [1.54, 1.807) is 12.1 Å². The lowest BCUT2D eigenvalue weighted by molar-refractivity contribution is 0.0236. The lowest BCUT2D eigenvalue weighted by atomic mass is 10.2. The second-order valence-corrected chi connectivity index (χ2v) is 3.92. The van der Waals surface area contributed by atoms with Gasteiger partial charge in [0.05, 0.1) is 44.3 Å². The summed E-state index contributed by atoms with van der Waals surface area (Å²) in [6.07, 6.45) is 0. The van der Waals surface area contributed by atoms with Gasteiger partial charge in [-0.2, -0.15) is 0 Å². The number of anilines is 1. The number of aliphatic hydroxyl groups is 1. The summed E-state index contributed by atoms with van der Waals surface area (Å²) in [7, 11) is 0. The molecule has 0 spiro atoms. The van der Waals surface area contributed by atoms with E-state index in [2.05, 4.69) is 10.5 Å². The lowest BCUT2D eigenvalue weighted by Crippen LogP contribution is -2.18. The van der Waals surface area contributed by atoms with E-state index in [1.165, 1.54) is 0 Å². The van der Waals surface area contributed by atoms with E-state index in [1.807, 2.05) is 12.1 Å². The summed E-state index contributed by atoms with van der Waals surface area (Å²) in [6, 6.07) is 7.26. The number of nitrogen functional groups attached to an aromatic ring is 1. The molecular weight excluding hydrogens is 276 g/mol. The van der Waals surface area contributed by atoms with Crippen LogP contribution in [0.15, 0.2) is 29.4 Å². The fourth-order valence-corrected chi connectivity index (χ4v) is 1.56. The van der Waals surface area contributed by atoms with Crippen molar-refractivity contribution in [1.82, 2.24) is 0 Å². The van der Waals surface area contributed by atoms with Crippen LogP contribution in [0.25, 0.3) is 0 Å². The van der Waals surface area contributed by atoms with E-state index in [-0.39, 0.29) is 12.5 Å². The van der Waals surface area contributed by atoms with Gasteiger partial charge in [-0.3, -0.25) is 5.84 Å². The molecule has 8 nitrogen and oxygen atoms in total. The number of nitrogens with two attached hydrogens (primary N) is 2. The first kappa shape index (κ1) is 17.2. The molecule has 0 aliphatic rings. The maximum absolute atomic E-state index is 8.52. The van der Waals surface area contributed by atoms with E-state index in [0.29, 0.717) is 44.3 Å². The topological polar surface area (TPSA) is 124 Å². The quantitative estimate of drug-likeness (QED) is 0.153. The molecule has 0 saturated carbocycles. The highest BCUT2D eigenvalue weighted by molar-refractivity contribution is 5.99. The molecule has 6 N–H and O–H groups in total. The molecule has 118 valence electrons. The van der Waals surface area contributed by atoms with Crippen LogP contribution >= 0.6 is 0 Å². The minimum absolute atomic E-state index is 0.00796. The van der Waals surface area contributed by atoms with Gasteiger partial charge in [0.25, 0.3) is 0 Å². The molecule has 0 radical (unpaired) electrons. The Bertz CT molecular complexity index is 428. The van der Waals surface area contributed by atoms with Crippen LogP contribution in [0.2, 0.25) is 0 Å². The summed E-state index contributed by atoms with van der Waals surface area (Å²) in [5.41, 5.74) is 3.90. The molecule has 0 heterocycles. The zero-order valence-corrected chi connectivity index (χ0v) is 11.8. The first-order valence-electron chi connectivity index (χ1n) is 6.56. The molecule has 8 heteroatoms. The summed E-state index contributed by atoms with van der Waals surface area (Å²) >= 11 is 0.